The second kappa shape index (κ2) is 5.94. The molecule has 0 spiro atoms. The third kappa shape index (κ3) is 2.76. The van der Waals surface area contributed by atoms with Crippen molar-refractivity contribution in [1.82, 2.24) is 0 Å². The molecule has 1 N–H and O–H groups in total. The maximum absolute atomic E-state index is 12.5. The van der Waals surface area contributed by atoms with Crippen molar-refractivity contribution in [3.05, 3.63) is 24.3 Å². The monoisotopic (exact) mass is 277 g/mol. The Morgan fingerprint density at radius 3 is 2.65 bits per heavy atom. The molecule has 1 aromatic carbocycles. The number of ether oxygens (including phenoxy) is 1. The summed E-state index contributed by atoms with van der Waals surface area (Å²) >= 11 is 0. The van der Waals surface area contributed by atoms with Crippen molar-refractivity contribution in [2.75, 3.05) is 19.1 Å². The molecule has 20 heavy (non-hydrogen) atoms. The Labute approximate surface area is 118 Å². The summed E-state index contributed by atoms with van der Waals surface area (Å²) in [5, 5.41) is 9.18. The number of anilines is 1. The van der Waals surface area contributed by atoms with Crippen molar-refractivity contribution in [3.8, 4) is 5.75 Å². The highest BCUT2D eigenvalue weighted by atomic mass is 16.5. The van der Waals surface area contributed by atoms with Gasteiger partial charge in [0, 0.05) is 18.8 Å². The summed E-state index contributed by atoms with van der Waals surface area (Å²) < 4.78 is 5.14. The average molecular weight is 277 g/mol. The summed E-state index contributed by atoms with van der Waals surface area (Å²) in [5.41, 5.74) is 0.713. The number of carbonyl (C=O) groups excluding carboxylic acids is 1. The van der Waals surface area contributed by atoms with Crippen LogP contribution in [0.15, 0.2) is 24.3 Å². The fourth-order valence-corrected chi connectivity index (χ4v) is 2.75. The Balaban J connectivity index is 2.17. The van der Waals surface area contributed by atoms with Gasteiger partial charge in [-0.1, -0.05) is 12.5 Å². The first-order valence-corrected chi connectivity index (χ1v) is 6.69. The molecule has 0 aliphatic heterocycles. The minimum atomic E-state index is -0.875. The van der Waals surface area contributed by atoms with Crippen molar-refractivity contribution in [2.45, 2.75) is 19.3 Å². The smallest absolute Gasteiger partial charge is 0.307 e. The Morgan fingerprint density at radius 1 is 1.30 bits per heavy atom. The van der Waals surface area contributed by atoms with E-state index in [0.29, 0.717) is 24.3 Å². The summed E-state index contributed by atoms with van der Waals surface area (Å²) in [6, 6.07) is 7.19. The molecule has 5 heteroatoms. The van der Waals surface area contributed by atoms with Crippen LogP contribution < -0.4 is 9.64 Å². The van der Waals surface area contributed by atoms with Gasteiger partial charge in [-0.3, -0.25) is 9.59 Å². The normalized spacial score (nSPS) is 21.5. The number of carboxylic acid groups (broad SMARTS) is 1. The Morgan fingerprint density at radius 2 is 2.00 bits per heavy atom. The number of amides is 1. The molecule has 1 aliphatic carbocycles. The van der Waals surface area contributed by atoms with E-state index in [1.807, 2.05) is 6.07 Å². The zero-order valence-electron chi connectivity index (χ0n) is 11.7. The highest BCUT2D eigenvalue weighted by Gasteiger charge is 2.39. The molecule has 0 unspecified atom stereocenters. The largest absolute Gasteiger partial charge is 0.497 e. The van der Waals surface area contributed by atoms with Gasteiger partial charge in [-0.15, -0.1) is 0 Å². The lowest BCUT2D eigenvalue weighted by molar-refractivity contribution is -0.145. The van der Waals surface area contributed by atoms with Gasteiger partial charge in [0.2, 0.25) is 5.91 Å². The lowest BCUT2D eigenvalue weighted by atomic mass is 9.94. The minimum absolute atomic E-state index is 0.136. The topological polar surface area (TPSA) is 66.8 Å². The number of rotatable bonds is 4. The van der Waals surface area contributed by atoms with Crippen LogP contribution in [0.25, 0.3) is 0 Å². The zero-order valence-corrected chi connectivity index (χ0v) is 11.7. The number of carbonyl (C=O) groups is 2. The number of aliphatic carboxylic acids is 1. The van der Waals surface area contributed by atoms with Gasteiger partial charge in [0.15, 0.2) is 0 Å². The van der Waals surface area contributed by atoms with E-state index >= 15 is 0 Å². The van der Waals surface area contributed by atoms with Crippen molar-refractivity contribution in [1.29, 1.82) is 0 Å². The Kier molecular flexibility index (Phi) is 4.27. The van der Waals surface area contributed by atoms with Crippen LogP contribution in [0, 0.1) is 11.8 Å². The standard InChI is InChI=1S/C15H19NO4/c1-16(10-5-3-6-11(9-10)20-2)14(17)12-7-4-8-13(12)15(18)19/h3,5-6,9,12-13H,4,7-8H2,1-2H3,(H,18,19)/t12-,13+/m1/s1. The molecule has 0 radical (unpaired) electrons. The molecule has 2 rings (SSSR count). The number of nitrogens with zero attached hydrogens (tertiary/aromatic N) is 1. The van der Waals surface area contributed by atoms with Gasteiger partial charge in [0.05, 0.1) is 18.9 Å². The zero-order chi connectivity index (χ0) is 14.7. The number of carboxylic acids is 1. The third-order valence-corrected chi connectivity index (χ3v) is 3.92. The van der Waals surface area contributed by atoms with Crippen LogP contribution in [0.4, 0.5) is 5.69 Å². The number of hydrogen-bond acceptors (Lipinski definition) is 3. The van der Waals surface area contributed by atoms with Crippen LogP contribution >= 0.6 is 0 Å². The summed E-state index contributed by atoms with van der Waals surface area (Å²) in [5.74, 6) is -1.33. The maximum Gasteiger partial charge on any atom is 0.307 e. The number of benzene rings is 1. The SMILES string of the molecule is COc1cccc(N(C)C(=O)[C@@H]2CCC[C@@H]2C(=O)O)c1. The van der Waals surface area contributed by atoms with Crippen molar-refractivity contribution >= 4 is 17.6 Å². The average Bonchev–Trinajstić information content (AvgIpc) is 2.95. The molecule has 108 valence electrons. The summed E-state index contributed by atoms with van der Waals surface area (Å²) in [7, 11) is 3.24. The Hall–Kier alpha value is -2.04. The molecule has 0 bridgehead atoms. The van der Waals surface area contributed by atoms with Crippen LogP contribution in [0.2, 0.25) is 0 Å². The van der Waals surface area contributed by atoms with Crippen molar-refractivity contribution in [3.63, 3.8) is 0 Å². The highest BCUT2D eigenvalue weighted by Crippen LogP contribution is 2.34. The first-order chi connectivity index (χ1) is 9.54. The second-order valence-corrected chi connectivity index (χ2v) is 5.08. The van der Waals surface area contributed by atoms with Gasteiger partial charge in [0.25, 0.3) is 0 Å². The van der Waals surface area contributed by atoms with E-state index in [9.17, 15) is 14.7 Å². The molecule has 0 heterocycles. The second-order valence-electron chi connectivity index (χ2n) is 5.08. The number of hydrogen-bond donors (Lipinski definition) is 1. The van der Waals surface area contributed by atoms with Crippen molar-refractivity contribution < 1.29 is 19.4 Å². The minimum Gasteiger partial charge on any atom is -0.497 e. The van der Waals surface area contributed by atoms with E-state index in [1.54, 1.807) is 32.4 Å². The van der Waals surface area contributed by atoms with Crippen molar-refractivity contribution in [2.24, 2.45) is 11.8 Å². The van der Waals surface area contributed by atoms with E-state index < -0.39 is 17.8 Å². The van der Waals surface area contributed by atoms with E-state index in [4.69, 9.17) is 4.74 Å². The molecule has 1 aliphatic rings. The van der Waals surface area contributed by atoms with Gasteiger partial charge in [-0.05, 0) is 25.0 Å². The molecular formula is C15H19NO4. The lowest BCUT2D eigenvalue weighted by Gasteiger charge is -2.23. The Bertz CT molecular complexity index is 514. The summed E-state index contributed by atoms with van der Waals surface area (Å²) in [6.07, 6.45) is 2.02. The van der Waals surface area contributed by atoms with Crippen LogP contribution in [-0.2, 0) is 9.59 Å². The van der Waals surface area contributed by atoms with Crippen LogP contribution in [0.3, 0.4) is 0 Å². The summed E-state index contributed by atoms with van der Waals surface area (Å²) in [6.45, 7) is 0. The first-order valence-electron chi connectivity index (χ1n) is 6.69. The molecule has 0 aromatic heterocycles. The van der Waals surface area contributed by atoms with E-state index in [1.165, 1.54) is 4.90 Å². The van der Waals surface area contributed by atoms with Crippen LogP contribution in [-0.4, -0.2) is 31.1 Å². The van der Waals surface area contributed by atoms with E-state index in [-0.39, 0.29) is 5.91 Å². The summed E-state index contributed by atoms with van der Waals surface area (Å²) in [4.78, 5) is 25.2. The molecule has 2 atom stereocenters. The van der Waals surface area contributed by atoms with Crippen LogP contribution in [0.5, 0.6) is 5.75 Å². The van der Waals surface area contributed by atoms with Crippen LogP contribution in [0.1, 0.15) is 19.3 Å². The van der Waals surface area contributed by atoms with Gasteiger partial charge >= 0.3 is 5.97 Å². The van der Waals surface area contributed by atoms with E-state index in [2.05, 4.69) is 0 Å². The number of methoxy groups -OCH3 is 1. The molecule has 5 nitrogen and oxygen atoms in total. The fourth-order valence-electron chi connectivity index (χ4n) is 2.75. The van der Waals surface area contributed by atoms with Gasteiger partial charge in [0.1, 0.15) is 5.75 Å². The predicted molar refractivity (Wildman–Crippen MR) is 74.9 cm³/mol. The molecule has 1 aromatic rings. The van der Waals surface area contributed by atoms with E-state index in [0.717, 1.165) is 6.42 Å². The van der Waals surface area contributed by atoms with Gasteiger partial charge < -0.3 is 14.7 Å². The first kappa shape index (κ1) is 14.4. The molecule has 1 saturated carbocycles. The predicted octanol–water partition coefficient (Wildman–Crippen LogP) is 2.16. The van der Waals surface area contributed by atoms with Gasteiger partial charge in [-0.2, -0.15) is 0 Å². The molecule has 1 fully saturated rings. The maximum atomic E-state index is 12.5. The molecule has 1 amide bonds. The quantitative estimate of drug-likeness (QED) is 0.915. The highest BCUT2D eigenvalue weighted by molar-refractivity contribution is 5.97. The molecular weight excluding hydrogens is 258 g/mol. The third-order valence-electron chi connectivity index (χ3n) is 3.92. The fraction of sp³-hybridized carbons (Fsp3) is 0.467. The van der Waals surface area contributed by atoms with Gasteiger partial charge in [-0.25, -0.2) is 0 Å². The lowest BCUT2D eigenvalue weighted by Crippen LogP contribution is -2.36. The molecule has 0 saturated heterocycles.